The molecule has 0 heterocycles. The van der Waals surface area contributed by atoms with Crippen LogP contribution < -0.4 is 0 Å². The summed E-state index contributed by atoms with van der Waals surface area (Å²) in [7, 11) is 0. The first kappa shape index (κ1) is 12.6. The molecule has 1 aromatic rings. The fraction of sp³-hybridized carbons (Fsp3) is 0.333. The molecule has 1 aromatic carbocycles. The molecular weight excluding hydrogens is 275 g/mol. The summed E-state index contributed by atoms with van der Waals surface area (Å²) < 4.78 is 0.909. The van der Waals surface area contributed by atoms with E-state index in [-0.39, 0.29) is 0 Å². The van der Waals surface area contributed by atoms with Crippen molar-refractivity contribution >= 4 is 27.5 Å². The number of benzene rings is 1. The lowest BCUT2D eigenvalue weighted by Gasteiger charge is -2.12. The van der Waals surface area contributed by atoms with Gasteiger partial charge in [-0.1, -0.05) is 33.6 Å². The molecule has 1 rings (SSSR count). The van der Waals surface area contributed by atoms with E-state index in [2.05, 4.69) is 21.9 Å². The number of hydrogen-bond donors (Lipinski definition) is 1. The Labute approximate surface area is 104 Å². The molecule has 0 aromatic heterocycles. The fourth-order valence-corrected chi connectivity index (χ4v) is 2.12. The minimum atomic E-state index is -0.529. The monoisotopic (exact) mass is 286 g/mol. The highest BCUT2D eigenvalue weighted by molar-refractivity contribution is 9.10. The Morgan fingerprint density at radius 1 is 1.53 bits per heavy atom. The van der Waals surface area contributed by atoms with E-state index < -0.39 is 6.10 Å². The van der Waals surface area contributed by atoms with Gasteiger partial charge >= 0.3 is 0 Å². The van der Waals surface area contributed by atoms with E-state index in [4.69, 9.17) is 18.0 Å². The van der Waals surface area contributed by atoms with Crippen LogP contribution in [0.15, 0.2) is 22.7 Å². The molecule has 0 spiro atoms. The van der Waals surface area contributed by atoms with Crippen LogP contribution in [-0.4, -0.2) is 5.11 Å². The summed E-state index contributed by atoms with van der Waals surface area (Å²) in [5.74, 6) is 2.55. The first-order chi connectivity index (χ1) is 7.15. The van der Waals surface area contributed by atoms with Gasteiger partial charge in [0, 0.05) is 15.9 Å². The van der Waals surface area contributed by atoms with Gasteiger partial charge in [0.25, 0.3) is 0 Å². The van der Waals surface area contributed by atoms with Crippen molar-refractivity contribution in [3.8, 4) is 12.3 Å². The Morgan fingerprint density at radius 2 is 2.27 bits per heavy atom. The highest BCUT2D eigenvalue weighted by Crippen LogP contribution is 2.28. The van der Waals surface area contributed by atoms with Crippen LogP contribution in [0.4, 0.5) is 0 Å². The van der Waals surface area contributed by atoms with Crippen molar-refractivity contribution in [1.82, 2.24) is 0 Å². The minimum absolute atomic E-state index is 0.529. The molecule has 15 heavy (non-hydrogen) atoms. The number of halogens is 2. The van der Waals surface area contributed by atoms with Crippen LogP contribution in [-0.2, 0) is 0 Å². The molecule has 1 unspecified atom stereocenters. The summed E-state index contributed by atoms with van der Waals surface area (Å²) in [6.45, 7) is 0. The third kappa shape index (κ3) is 3.87. The van der Waals surface area contributed by atoms with E-state index in [1.54, 1.807) is 6.07 Å². The first-order valence-electron chi connectivity index (χ1n) is 4.71. The summed E-state index contributed by atoms with van der Waals surface area (Å²) in [5.41, 5.74) is 0.761. The van der Waals surface area contributed by atoms with Crippen LogP contribution in [0.5, 0.6) is 0 Å². The van der Waals surface area contributed by atoms with E-state index in [0.29, 0.717) is 17.9 Å². The van der Waals surface area contributed by atoms with E-state index in [0.717, 1.165) is 16.5 Å². The summed E-state index contributed by atoms with van der Waals surface area (Å²) in [6.07, 6.45) is 6.75. The predicted octanol–water partition coefficient (Wildman–Crippen LogP) is 3.94. The molecule has 0 aliphatic rings. The second-order valence-corrected chi connectivity index (χ2v) is 4.60. The molecule has 0 aliphatic carbocycles. The average Bonchev–Trinajstić information content (AvgIpc) is 2.17. The lowest BCUT2D eigenvalue weighted by atomic mass is 10.0. The summed E-state index contributed by atoms with van der Waals surface area (Å²) >= 11 is 9.32. The SMILES string of the molecule is C#CCCCC(O)c1ccc(Br)cc1Cl. The fourth-order valence-electron chi connectivity index (χ4n) is 1.32. The largest absolute Gasteiger partial charge is 0.388 e. The maximum Gasteiger partial charge on any atom is 0.0804 e. The Bertz CT molecular complexity index is 370. The third-order valence-electron chi connectivity index (χ3n) is 2.12. The van der Waals surface area contributed by atoms with Crippen LogP contribution in [0.1, 0.15) is 30.9 Å². The van der Waals surface area contributed by atoms with Gasteiger partial charge in [-0.15, -0.1) is 12.3 Å². The van der Waals surface area contributed by atoms with Crippen LogP contribution >= 0.6 is 27.5 Å². The van der Waals surface area contributed by atoms with E-state index in [9.17, 15) is 5.11 Å². The Morgan fingerprint density at radius 3 is 2.87 bits per heavy atom. The van der Waals surface area contributed by atoms with E-state index in [1.807, 2.05) is 12.1 Å². The molecule has 1 nitrogen and oxygen atoms in total. The molecule has 1 atom stereocenters. The molecule has 0 bridgehead atoms. The van der Waals surface area contributed by atoms with Crippen LogP contribution in [0.2, 0.25) is 5.02 Å². The van der Waals surface area contributed by atoms with Gasteiger partial charge in [0.15, 0.2) is 0 Å². The van der Waals surface area contributed by atoms with Gasteiger partial charge in [-0.25, -0.2) is 0 Å². The van der Waals surface area contributed by atoms with Crippen molar-refractivity contribution in [2.24, 2.45) is 0 Å². The summed E-state index contributed by atoms with van der Waals surface area (Å²) in [4.78, 5) is 0. The second kappa shape index (κ2) is 6.17. The highest BCUT2D eigenvalue weighted by atomic mass is 79.9. The average molecular weight is 288 g/mol. The van der Waals surface area contributed by atoms with Gasteiger partial charge in [-0.05, 0) is 30.5 Å². The molecule has 0 aliphatic heterocycles. The predicted molar refractivity (Wildman–Crippen MR) is 66.8 cm³/mol. The highest BCUT2D eigenvalue weighted by Gasteiger charge is 2.10. The van der Waals surface area contributed by atoms with Crippen molar-refractivity contribution in [2.45, 2.75) is 25.4 Å². The third-order valence-corrected chi connectivity index (χ3v) is 2.94. The molecule has 0 saturated heterocycles. The van der Waals surface area contributed by atoms with Crippen LogP contribution in [0.25, 0.3) is 0 Å². The van der Waals surface area contributed by atoms with Crippen molar-refractivity contribution in [3.05, 3.63) is 33.3 Å². The number of hydrogen-bond acceptors (Lipinski definition) is 1. The molecular formula is C12H12BrClO. The van der Waals surface area contributed by atoms with Crippen molar-refractivity contribution in [1.29, 1.82) is 0 Å². The number of rotatable bonds is 4. The van der Waals surface area contributed by atoms with Crippen LogP contribution in [0, 0.1) is 12.3 Å². The van der Waals surface area contributed by atoms with Gasteiger partial charge in [0.05, 0.1) is 6.10 Å². The van der Waals surface area contributed by atoms with Crippen molar-refractivity contribution in [2.75, 3.05) is 0 Å². The van der Waals surface area contributed by atoms with E-state index in [1.165, 1.54) is 0 Å². The van der Waals surface area contributed by atoms with Gasteiger partial charge in [0.2, 0.25) is 0 Å². The van der Waals surface area contributed by atoms with Crippen molar-refractivity contribution in [3.63, 3.8) is 0 Å². The van der Waals surface area contributed by atoms with Crippen molar-refractivity contribution < 1.29 is 5.11 Å². The Kier molecular flexibility index (Phi) is 5.17. The maximum atomic E-state index is 9.85. The van der Waals surface area contributed by atoms with Crippen LogP contribution in [0.3, 0.4) is 0 Å². The number of terminal acetylenes is 1. The topological polar surface area (TPSA) is 20.2 Å². The van der Waals surface area contributed by atoms with Gasteiger partial charge in [-0.2, -0.15) is 0 Å². The van der Waals surface area contributed by atoms with Gasteiger partial charge in [-0.3, -0.25) is 0 Å². The van der Waals surface area contributed by atoms with E-state index >= 15 is 0 Å². The molecule has 0 fully saturated rings. The zero-order chi connectivity index (χ0) is 11.3. The zero-order valence-electron chi connectivity index (χ0n) is 8.21. The number of aliphatic hydroxyl groups is 1. The number of unbranched alkanes of at least 4 members (excludes halogenated alkanes) is 1. The lowest BCUT2D eigenvalue weighted by molar-refractivity contribution is 0.165. The second-order valence-electron chi connectivity index (χ2n) is 3.28. The molecule has 3 heteroatoms. The molecule has 0 amide bonds. The molecule has 80 valence electrons. The lowest BCUT2D eigenvalue weighted by Crippen LogP contribution is -1.98. The standard InChI is InChI=1S/C12H12BrClO/c1-2-3-4-5-12(15)10-7-6-9(13)8-11(10)14/h1,6-8,12,15H,3-5H2. The summed E-state index contributed by atoms with van der Waals surface area (Å²) in [5, 5.41) is 10.4. The van der Waals surface area contributed by atoms with Gasteiger partial charge < -0.3 is 5.11 Å². The summed E-state index contributed by atoms with van der Waals surface area (Å²) in [6, 6.07) is 5.47. The molecule has 1 N–H and O–H groups in total. The Balaban J connectivity index is 2.66. The van der Waals surface area contributed by atoms with Gasteiger partial charge in [0.1, 0.15) is 0 Å². The smallest absolute Gasteiger partial charge is 0.0804 e. The Hall–Kier alpha value is -0.490. The zero-order valence-corrected chi connectivity index (χ0v) is 10.6. The number of aliphatic hydroxyl groups excluding tert-OH is 1. The normalized spacial score (nSPS) is 12.1. The molecule has 0 saturated carbocycles. The first-order valence-corrected chi connectivity index (χ1v) is 5.88. The quantitative estimate of drug-likeness (QED) is 0.657. The minimum Gasteiger partial charge on any atom is -0.388 e. The molecule has 0 radical (unpaired) electrons. The maximum absolute atomic E-state index is 9.85.